The normalized spacial score (nSPS) is 23.1. The third kappa shape index (κ3) is 6.47. The number of nitrogens with zero attached hydrogens (tertiary/aromatic N) is 1. The molecule has 8 heteroatoms. The monoisotopic (exact) mass is 535 g/mol. The van der Waals surface area contributed by atoms with E-state index >= 15 is 0 Å². The first kappa shape index (κ1) is 24.2. The van der Waals surface area contributed by atoms with Crippen LogP contribution in [0.4, 0.5) is 0 Å². The molecule has 3 rings (SSSR count). The molecule has 1 saturated heterocycles. The van der Waals surface area contributed by atoms with Crippen LogP contribution >= 0.6 is 24.0 Å². The average molecular weight is 535 g/mol. The fraction of sp³-hybridized carbons (Fsp3) is 0.667. The second-order valence-corrected chi connectivity index (χ2v) is 10.2. The van der Waals surface area contributed by atoms with E-state index in [4.69, 9.17) is 9.73 Å². The van der Waals surface area contributed by atoms with E-state index in [1.807, 2.05) is 19.1 Å². The van der Waals surface area contributed by atoms with Gasteiger partial charge in [0.05, 0.1) is 25.2 Å². The van der Waals surface area contributed by atoms with Crippen molar-refractivity contribution >= 4 is 39.8 Å². The van der Waals surface area contributed by atoms with E-state index in [2.05, 4.69) is 22.8 Å². The van der Waals surface area contributed by atoms with Crippen molar-refractivity contribution in [2.75, 3.05) is 31.7 Å². The highest BCUT2D eigenvalue weighted by molar-refractivity contribution is 14.0. The summed E-state index contributed by atoms with van der Waals surface area (Å²) in [5, 5.41) is 6.63. The molecular weight excluding hydrogens is 501 g/mol. The van der Waals surface area contributed by atoms with Crippen molar-refractivity contribution in [2.45, 2.75) is 56.9 Å². The van der Waals surface area contributed by atoms with Crippen molar-refractivity contribution in [3.8, 4) is 5.75 Å². The molecule has 1 unspecified atom stereocenters. The van der Waals surface area contributed by atoms with Crippen LogP contribution in [0.2, 0.25) is 0 Å². The summed E-state index contributed by atoms with van der Waals surface area (Å²) in [4.78, 5) is 4.91. The molecule has 1 aliphatic heterocycles. The van der Waals surface area contributed by atoms with Crippen LogP contribution in [-0.2, 0) is 15.3 Å². The summed E-state index contributed by atoms with van der Waals surface area (Å²) in [5.74, 6) is 2.06. The smallest absolute Gasteiger partial charge is 0.191 e. The van der Waals surface area contributed by atoms with Gasteiger partial charge < -0.3 is 15.4 Å². The Kier molecular flexibility index (Phi) is 9.06. The Morgan fingerprint density at radius 2 is 1.90 bits per heavy atom. The zero-order valence-corrected chi connectivity index (χ0v) is 20.6. The largest absolute Gasteiger partial charge is 0.497 e. The summed E-state index contributed by atoms with van der Waals surface area (Å²) < 4.78 is 28.8. The Labute approximate surface area is 192 Å². The minimum absolute atomic E-state index is 0. The molecule has 0 bridgehead atoms. The summed E-state index contributed by atoms with van der Waals surface area (Å²) in [7, 11) is -1.22. The first-order valence-corrected chi connectivity index (χ1v) is 12.2. The van der Waals surface area contributed by atoms with E-state index in [9.17, 15) is 8.42 Å². The van der Waals surface area contributed by atoms with Gasteiger partial charge in [0, 0.05) is 18.0 Å². The number of benzene rings is 1. The van der Waals surface area contributed by atoms with Gasteiger partial charge in [-0.1, -0.05) is 31.4 Å². The van der Waals surface area contributed by atoms with Gasteiger partial charge in [-0.25, -0.2) is 8.42 Å². The molecule has 6 nitrogen and oxygen atoms in total. The molecule has 0 radical (unpaired) electrons. The molecule has 2 N–H and O–H groups in total. The first-order valence-electron chi connectivity index (χ1n) is 10.4. The highest BCUT2D eigenvalue weighted by atomic mass is 127. The highest BCUT2D eigenvalue weighted by Crippen LogP contribution is 2.40. The van der Waals surface area contributed by atoms with Crippen LogP contribution in [0.3, 0.4) is 0 Å². The Bertz CT molecular complexity index is 775. The second-order valence-electron chi connectivity index (χ2n) is 8.01. The van der Waals surface area contributed by atoms with Crippen molar-refractivity contribution in [3.05, 3.63) is 29.8 Å². The fourth-order valence-corrected chi connectivity index (χ4v) is 6.04. The molecular formula is C21H34IN3O3S. The molecule has 29 heavy (non-hydrogen) atoms. The van der Waals surface area contributed by atoms with Crippen molar-refractivity contribution < 1.29 is 13.2 Å². The molecule has 1 aromatic carbocycles. The number of hydrogen-bond donors (Lipinski definition) is 2. The van der Waals surface area contributed by atoms with Gasteiger partial charge in [-0.05, 0) is 43.9 Å². The standard InChI is InChI=1S/C21H33N3O3S.HI/c1-3-22-20(24-18-11-14-28(25,26)15-18)23-16-21(12-5-4-6-13-21)17-7-9-19(27-2)10-8-17;/h7-10,18H,3-6,11-16H2,1-2H3,(H2,22,23,24);1H. The minimum atomic E-state index is -2.91. The third-order valence-corrected chi connectivity index (χ3v) is 7.74. The van der Waals surface area contributed by atoms with Crippen LogP contribution in [0.5, 0.6) is 5.75 Å². The number of ether oxygens (including phenoxy) is 1. The van der Waals surface area contributed by atoms with E-state index in [1.54, 1.807) is 7.11 Å². The molecule has 0 spiro atoms. The lowest BCUT2D eigenvalue weighted by molar-refractivity contribution is 0.300. The van der Waals surface area contributed by atoms with E-state index < -0.39 is 9.84 Å². The molecule has 164 valence electrons. The van der Waals surface area contributed by atoms with Crippen molar-refractivity contribution in [3.63, 3.8) is 0 Å². The topological polar surface area (TPSA) is 79.8 Å². The Morgan fingerprint density at radius 1 is 1.21 bits per heavy atom. The summed E-state index contributed by atoms with van der Waals surface area (Å²) in [6, 6.07) is 8.35. The molecule has 1 saturated carbocycles. The zero-order chi connectivity index (χ0) is 20.0. The molecule has 1 aliphatic carbocycles. The lowest BCUT2D eigenvalue weighted by Gasteiger charge is -2.37. The van der Waals surface area contributed by atoms with Crippen molar-refractivity contribution in [1.29, 1.82) is 0 Å². The van der Waals surface area contributed by atoms with Gasteiger partial charge in [0.25, 0.3) is 0 Å². The summed E-state index contributed by atoms with van der Waals surface area (Å²) >= 11 is 0. The number of sulfone groups is 1. The molecule has 2 fully saturated rings. The van der Waals surface area contributed by atoms with Crippen LogP contribution in [0.15, 0.2) is 29.3 Å². The Balaban J connectivity index is 0.00000300. The minimum Gasteiger partial charge on any atom is -0.497 e. The van der Waals surface area contributed by atoms with E-state index in [1.165, 1.54) is 24.8 Å². The predicted octanol–water partition coefficient (Wildman–Crippen LogP) is 3.26. The van der Waals surface area contributed by atoms with Crippen LogP contribution in [0, 0.1) is 0 Å². The summed E-state index contributed by atoms with van der Waals surface area (Å²) in [6.07, 6.45) is 6.61. The molecule has 1 heterocycles. The fourth-order valence-electron chi connectivity index (χ4n) is 4.36. The number of halogens is 1. The highest BCUT2D eigenvalue weighted by Gasteiger charge is 2.34. The summed E-state index contributed by atoms with van der Waals surface area (Å²) in [6.45, 7) is 3.48. The second kappa shape index (κ2) is 10.8. The van der Waals surface area contributed by atoms with Crippen LogP contribution < -0.4 is 15.4 Å². The van der Waals surface area contributed by atoms with Gasteiger partial charge in [0.1, 0.15) is 5.75 Å². The van der Waals surface area contributed by atoms with E-state index in [0.29, 0.717) is 13.0 Å². The lowest BCUT2D eigenvalue weighted by atomic mass is 9.69. The quantitative estimate of drug-likeness (QED) is 0.332. The maximum Gasteiger partial charge on any atom is 0.191 e. The third-order valence-electron chi connectivity index (χ3n) is 5.97. The number of methoxy groups -OCH3 is 1. The summed E-state index contributed by atoms with van der Waals surface area (Å²) in [5.41, 5.74) is 1.35. The van der Waals surface area contributed by atoms with Gasteiger partial charge in [-0.15, -0.1) is 24.0 Å². The van der Waals surface area contributed by atoms with Gasteiger partial charge in [-0.3, -0.25) is 4.99 Å². The number of hydrogen-bond acceptors (Lipinski definition) is 4. The molecule has 2 aliphatic rings. The zero-order valence-electron chi connectivity index (χ0n) is 17.4. The van der Waals surface area contributed by atoms with E-state index in [-0.39, 0.29) is 46.9 Å². The number of aliphatic imine (C=N–C) groups is 1. The molecule has 0 amide bonds. The number of nitrogens with one attached hydrogen (secondary N) is 2. The predicted molar refractivity (Wildman–Crippen MR) is 129 cm³/mol. The van der Waals surface area contributed by atoms with Crippen LogP contribution in [-0.4, -0.2) is 52.1 Å². The lowest BCUT2D eigenvalue weighted by Crippen LogP contribution is -2.45. The Hall–Kier alpha value is -1.03. The van der Waals surface area contributed by atoms with E-state index in [0.717, 1.165) is 31.1 Å². The maximum atomic E-state index is 11.8. The van der Waals surface area contributed by atoms with Crippen LogP contribution in [0.25, 0.3) is 0 Å². The van der Waals surface area contributed by atoms with Gasteiger partial charge in [0.2, 0.25) is 0 Å². The average Bonchev–Trinajstić information content (AvgIpc) is 3.05. The van der Waals surface area contributed by atoms with Gasteiger partial charge in [-0.2, -0.15) is 0 Å². The first-order chi connectivity index (χ1) is 13.5. The van der Waals surface area contributed by atoms with Crippen molar-refractivity contribution in [1.82, 2.24) is 10.6 Å². The number of rotatable bonds is 6. The molecule has 1 atom stereocenters. The van der Waals surface area contributed by atoms with Crippen molar-refractivity contribution in [2.24, 2.45) is 4.99 Å². The molecule has 1 aromatic rings. The SMILES string of the molecule is CCNC(=NCC1(c2ccc(OC)cc2)CCCCC1)NC1CCS(=O)(=O)C1.I. The van der Waals surface area contributed by atoms with Gasteiger partial charge >= 0.3 is 0 Å². The maximum absolute atomic E-state index is 11.8. The van der Waals surface area contributed by atoms with Gasteiger partial charge in [0.15, 0.2) is 15.8 Å². The van der Waals surface area contributed by atoms with Crippen LogP contribution in [0.1, 0.15) is 51.0 Å². The Morgan fingerprint density at radius 3 is 2.45 bits per heavy atom. The molecule has 0 aromatic heterocycles. The number of guanidine groups is 1.